The van der Waals surface area contributed by atoms with Crippen molar-refractivity contribution in [3.63, 3.8) is 0 Å². The molecule has 0 bridgehead atoms. The third kappa shape index (κ3) is 3.96. The van der Waals surface area contributed by atoms with Gasteiger partial charge in [-0.1, -0.05) is 48.0 Å². The van der Waals surface area contributed by atoms with Crippen molar-refractivity contribution < 1.29 is 4.74 Å². The second kappa shape index (κ2) is 6.91. The molecule has 5 heteroatoms. The Morgan fingerprint density at radius 2 is 1.77 bits per heavy atom. The van der Waals surface area contributed by atoms with Gasteiger partial charge in [0, 0.05) is 11.8 Å². The Kier molecular flexibility index (Phi) is 4.51. The fourth-order valence-electron chi connectivity index (χ4n) is 1.94. The van der Waals surface area contributed by atoms with Crippen LogP contribution in [0.5, 0.6) is 5.75 Å². The summed E-state index contributed by atoms with van der Waals surface area (Å²) in [5, 5.41) is 11.3. The molecule has 0 amide bonds. The molecule has 1 aromatic heterocycles. The molecular weight excluding hydrogens is 298 g/mol. The Balaban J connectivity index is 1.66. The average Bonchev–Trinajstić information content (AvgIpc) is 2.57. The summed E-state index contributed by atoms with van der Waals surface area (Å²) in [6.07, 6.45) is 0. The van der Waals surface area contributed by atoms with Crippen LogP contribution in [-0.4, -0.2) is 10.2 Å². The van der Waals surface area contributed by atoms with Gasteiger partial charge in [0.15, 0.2) is 11.0 Å². The largest absolute Gasteiger partial charge is 0.489 e. The lowest BCUT2D eigenvalue weighted by Gasteiger charge is -2.09. The zero-order chi connectivity index (χ0) is 15.2. The van der Waals surface area contributed by atoms with Gasteiger partial charge < -0.3 is 10.1 Å². The molecule has 0 saturated heterocycles. The first-order valence-electron chi connectivity index (χ1n) is 6.83. The van der Waals surface area contributed by atoms with Crippen molar-refractivity contribution in [1.29, 1.82) is 0 Å². The molecule has 0 fully saturated rings. The minimum absolute atomic E-state index is 0.366. The van der Waals surface area contributed by atoms with E-state index in [1.165, 1.54) is 0 Å². The molecule has 0 aliphatic heterocycles. The highest BCUT2D eigenvalue weighted by Gasteiger charge is 2.00. The Hall–Kier alpha value is -2.59. The molecule has 4 nitrogen and oxygen atoms in total. The summed E-state index contributed by atoms with van der Waals surface area (Å²) >= 11 is 5.72. The maximum absolute atomic E-state index is 5.79. The number of nitrogens with zero attached hydrogens (tertiary/aromatic N) is 2. The molecular formula is C17H14ClN3O. The van der Waals surface area contributed by atoms with Gasteiger partial charge in [0.2, 0.25) is 0 Å². The number of ether oxygens (including phenoxy) is 1. The minimum Gasteiger partial charge on any atom is -0.489 e. The standard InChI is InChI=1S/C17H14ClN3O/c18-16-9-10-17(21-20-16)19-14-7-4-8-15(11-14)22-12-13-5-2-1-3-6-13/h1-11H,12H2,(H,19,21). The summed E-state index contributed by atoms with van der Waals surface area (Å²) in [5.74, 6) is 1.42. The van der Waals surface area contributed by atoms with E-state index in [4.69, 9.17) is 16.3 Å². The normalized spacial score (nSPS) is 10.2. The van der Waals surface area contributed by atoms with Gasteiger partial charge in [-0.3, -0.25) is 0 Å². The molecule has 0 aliphatic carbocycles. The second-order valence-corrected chi connectivity index (χ2v) is 5.06. The zero-order valence-corrected chi connectivity index (χ0v) is 12.5. The molecule has 110 valence electrons. The fraction of sp³-hybridized carbons (Fsp3) is 0.0588. The molecule has 0 spiro atoms. The van der Waals surface area contributed by atoms with Gasteiger partial charge in [0.1, 0.15) is 12.4 Å². The van der Waals surface area contributed by atoms with Gasteiger partial charge >= 0.3 is 0 Å². The molecule has 0 radical (unpaired) electrons. The number of rotatable bonds is 5. The lowest BCUT2D eigenvalue weighted by molar-refractivity contribution is 0.306. The molecule has 0 unspecified atom stereocenters. The number of nitrogens with one attached hydrogen (secondary N) is 1. The van der Waals surface area contributed by atoms with E-state index in [9.17, 15) is 0 Å². The van der Waals surface area contributed by atoms with E-state index in [2.05, 4.69) is 15.5 Å². The van der Waals surface area contributed by atoms with Crippen molar-refractivity contribution in [1.82, 2.24) is 10.2 Å². The summed E-state index contributed by atoms with van der Waals surface area (Å²) in [4.78, 5) is 0. The quantitative estimate of drug-likeness (QED) is 0.756. The number of hydrogen-bond donors (Lipinski definition) is 1. The zero-order valence-electron chi connectivity index (χ0n) is 11.7. The van der Waals surface area contributed by atoms with Crippen molar-refractivity contribution in [3.8, 4) is 5.75 Å². The van der Waals surface area contributed by atoms with E-state index in [0.29, 0.717) is 17.6 Å². The van der Waals surface area contributed by atoms with Gasteiger partial charge in [-0.2, -0.15) is 0 Å². The van der Waals surface area contributed by atoms with Crippen LogP contribution in [-0.2, 0) is 6.61 Å². The first kappa shape index (κ1) is 14.4. The van der Waals surface area contributed by atoms with Crippen molar-refractivity contribution in [2.45, 2.75) is 6.61 Å². The van der Waals surface area contributed by atoms with Crippen LogP contribution >= 0.6 is 11.6 Å². The van der Waals surface area contributed by atoms with Gasteiger partial charge in [-0.15, -0.1) is 10.2 Å². The van der Waals surface area contributed by atoms with Crippen molar-refractivity contribution >= 4 is 23.1 Å². The first-order valence-corrected chi connectivity index (χ1v) is 7.20. The van der Waals surface area contributed by atoms with Crippen LogP contribution in [0, 0.1) is 0 Å². The number of hydrogen-bond acceptors (Lipinski definition) is 4. The van der Waals surface area contributed by atoms with E-state index in [1.807, 2.05) is 54.6 Å². The maximum Gasteiger partial charge on any atom is 0.153 e. The first-order chi connectivity index (χ1) is 10.8. The highest BCUT2D eigenvalue weighted by molar-refractivity contribution is 6.29. The molecule has 22 heavy (non-hydrogen) atoms. The van der Waals surface area contributed by atoms with Crippen LogP contribution in [0.15, 0.2) is 66.7 Å². The highest BCUT2D eigenvalue weighted by Crippen LogP contribution is 2.21. The van der Waals surface area contributed by atoms with E-state index in [1.54, 1.807) is 12.1 Å². The number of anilines is 2. The number of benzene rings is 2. The maximum atomic E-state index is 5.79. The molecule has 0 saturated carbocycles. The Morgan fingerprint density at radius 3 is 2.55 bits per heavy atom. The Morgan fingerprint density at radius 1 is 0.909 bits per heavy atom. The molecule has 3 aromatic rings. The predicted octanol–water partition coefficient (Wildman–Crippen LogP) is 4.45. The van der Waals surface area contributed by atoms with Gasteiger partial charge in [-0.05, 0) is 29.8 Å². The Bertz CT molecular complexity index is 732. The molecule has 1 heterocycles. The summed E-state index contributed by atoms with van der Waals surface area (Å²) in [6.45, 7) is 0.533. The van der Waals surface area contributed by atoms with Gasteiger partial charge in [0.25, 0.3) is 0 Å². The van der Waals surface area contributed by atoms with E-state index in [-0.39, 0.29) is 0 Å². The number of halogens is 1. The molecule has 0 aliphatic rings. The average molecular weight is 312 g/mol. The van der Waals surface area contributed by atoms with Crippen molar-refractivity contribution in [2.75, 3.05) is 5.32 Å². The summed E-state index contributed by atoms with van der Waals surface area (Å²) in [7, 11) is 0. The second-order valence-electron chi connectivity index (χ2n) is 4.67. The van der Waals surface area contributed by atoms with Crippen LogP contribution < -0.4 is 10.1 Å². The van der Waals surface area contributed by atoms with Gasteiger partial charge in [0.05, 0.1) is 0 Å². The van der Waals surface area contributed by atoms with Crippen molar-refractivity contribution in [3.05, 3.63) is 77.4 Å². The lowest BCUT2D eigenvalue weighted by atomic mass is 10.2. The number of aromatic nitrogens is 2. The van der Waals surface area contributed by atoms with Crippen LogP contribution in [0.2, 0.25) is 5.15 Å². The van der Waals surface area contributed by atoms with Gasteiger partial charge in [-0.25, -0.2) is 0 Å². The van der Waals surface area contributed by atoms with E-state index in [0.717, 1.165) is 17.0 Å². The molecule has 2 aromatic carbocycles. The van der Waals surface area contributed by atoms with Crippen molar-refractivity contribution in [2.24, 2.45) is 0 Å². The van der Waals surface area contributed by atoms with Crippen LogP contribution in [0.4, 0.5) is 11.5 Å². The summed E-state index contributed by atoms with van der Waals surface area (Å²) in [6, 6.07) is 21.2. The smallest absolute Gasteiger partial charge is 0.153 e. The lowest BCUT2D eigenvalue weighted by Crippen LogP contribution is -1.97. The molecule has 1 N–H and O–H groups in total. The van der Waals surface area contributed by atoms with E-state index >= 15 is 0 Å². The SMILES string of the molecule is Clc1ccc(Nc2cccc(OCc3ccccc3)c2)nn1. The monoisotopic (exact) mass is 311 g/mol. The van der Waals surface area contributed by atoms with Crippen LogP contribution in [0.1, 0.15) is 5.56 Å². The summed E-state index contributed by atoms with van der Waals surface area (Å²) < 4.78 is 5.79. The summed E-state index contributed by atoms with van der Waals surface area (Å²) in [5.41, 5.74) is 2.01. The molecule has 3 rings (SSSR count). The van der Waals surface area contributed by atoms with Crippen LogP contribution in [0.3, 0.4) is 0 Å². The third-order valence-electron chi connectivity index (χ3n) is 2.99. The minimum atomic E-state index is 0.366. The fourth-order valence-corrected chi connectivity index (χ4v) is 2.04. The molecule has 0 atom stereocenters. The highest BCUT2D eigenvalue weighted by atomic mass is 35.5. The van der Waals surface area contributed by atoms with E-state index < -0.39 is 0 Å². The predicted molar refractivity (Wildman–Crippen MR) is 87.5 cm³/mol. The topological polar surface area (TPSA) is 47.0 Å². The Labute approximate surface area is 133 Å². The van der Waals surface area contributed by atoms with Crippen LogP contribution in [0.25, 0.3) is 0 Å². The third-order valence-corrected chi connectivity index (χ3v) is 3.19.